The Bertz CT molecular complexity index is 908. The fraction of sp³-hybridized carbons (Fsp3) is 0.353. The monoisotopic (exact) mass is 330 g/mol. The zero-order valence-corrected chi connectivity index (χ0v) is 13.9. The van der Waals surface area contributed by atoms with E-state index in [9.17, 15) is 19.2 Å². The van der Waals surface area contributed by atoms with Gasteiger partial charge in [-0.05, 0) is 30.2 Å². The predicted octanol–water partition coefficient (Wildman–Crippen LogP) is 1.45. The van der Waals surface area contributed by atoms with Crippen LogP contribution in [0.15, 0.2) is 33.9 Å². The molecule has 0 unspecified atom stereocenters. The van der Waals surface area contributed by atoms with Crippen molar-refractivity contribution in [2.45, 2.75) is 19.9 Å². The summed E-state index contributed by atoms with van der Waals surface area (Å²) in [7, 11) is 3.17. The first-order chi connectivity index (χ1) is 11.4. The van der Waals surface area contributed by atoms with Crippen LogP contribution in [0.1, 0.15) is 24.5 Å². The Balaban J connectivity index is 2.64. The van der Waals surface area contributed by atoms with Crippen LogP contribution in [0, 0.1) is 17.1 Å². The molecule has 1 aromatic heterocycles. The first kappa shape index (κ1) is 17.5. The number of nitrogens with zero attached hydrogens (tertiary/aromatic N) is 4. The Morgan fingerprint density at radius 1 is 1.29 bits per heavy atom. The molecule has 0 bridgehead atoms. The van der Waals surface area contributed by atoms with Gasteiger partial charge >= 0.3 is 5.69 Å². The Morgan fingerprint density at radius 3 is 2.62 bits per heavy atom. The molecule has 0 radical (unpaired) electrons. The Hall–Kier alpha value is -2.88. The topological polar surface area (TPSA) is 71.0 Å². The van der Waals surface area contributed by atoms with Gasteiger partial charge in [0.25, 0.3) is 5.56 Å². The molecule has 0 aliphatic heterocycles. The average Bonchev–Trinajstić information content (AvgIpc) is 2.55. The number of hydrogen-bond donors (Lipinski definition) is 0. The van der Waals surface area contributed by atoms with E-state index in [-0.39, 0.29) is 6.54 Å². The summed E-state index contributed by atoms with van der Waals surface area (Å²) in [5.41, 5.74) is -0.229. The molecule has 1 heterocycles. The lowest BCUT2D eigenvalue weighted by atomic mass is 10.1. The number of rotatable bonds is 5. The number of benzene rings is 1. The van der Waals surface area contributed by atoms with E-state index < -0.39 is 17.1 Å². The van der Waals surface area contributed by atoms with Crippen molar-refractivity contribution < 1.29 is 4.39 Å². The lowest BCUT2D eigenvalue weighted by molar-refractivity contribution is 0.611. The maximum atomic E-state index is 13.5. The third kappa shape index (κ3) is 3.38. The van der Waals surface area contributed by atoms with Crippen molar-refractivity contribution in [1.29, 1.82) is 5.26 Å². The molecule has 0 saturated carbocycles. The van der Waals surface area contributed by atoms with Gasteiger partial charge in [-0.15, -0.1) is 0 Å². The van der Waals surface area contributed by atoms with Crippen molar-refractivity contribution >= 4 is 5.82 Å². The summed E-state index contributed by atoms with van der Waals surface area (Å²) in [4.78, 5) is 26.3. The third-order valence-corrected chi connectivity index (χ3v) is 3.84. The summed E-state index contributed by atoms with van der Waals surface area (Å²) in [5, 5.41) is 9.19. The molecule has 6 nitrogen and oxygen atoms in total. The van der Waals surface area contributed by atoms with Gasteiger partial charge in [-0.1, -0.05) is 6.92 Å². The van der Waals surface area contributed by atoms with Gasteiger partial charge in [-0.2, -0.15) is 5.26 Å². The number of aromatic nitrogens is 2. The molecule has 0 N–H and O–H groups in total. The standard InChI is InChI=1S/C17H19FN4O2/c1-4-7-20(2)15-9-16(23)21(3)17(24)22(15)11-13-8-14(18)6-5-12(13)10-19/h5-6,8-9H,4,7,11H2,1-3H3. The lowest BCUT2D eigenvalue weighted by Crippen LogP contribution is -2.41. The summed E-state index contributed by atoms with van der Waals surface area (Å²) in [5.74, 6) is -0.0385. The van der Waals surface area contributed by atoms with E-state index in [1.165, 1.54) is 35.9 Å². The molecule has 0 amide bonds. The number of nitriles is 1. The van der Waals surface area contributed by atoms with Gasteiger partial charge in [-0.25, -0.2) is 9.18 Å². The van der Waals surface area contributed by atoms with Crippen molar-refractivity contribution in [3.8, 4) is 6.07 Å². The average molecular weight is 330 g/mol. The Labute approximate surface area is 139 Å². The summed E-state index contributed by atoms with van der Waals surface area (Å²) in [6.45, 7) is 2.65. The van der Waals surface area contributed by atoms with E-state index in [2.05, 4.69) is 0 Å². The molecular weight excluding hydrogens is 311 g/mol. The second-order valence-corrected chi connectivity index (χ2v) is 5.60. The van der Waals surface area contributed by atoms with Gasteiger partial charge in [0.05, 0.1) is 18.2 Å². The summed E-state index contributed by atoms with van der Waals surface area (Å²) in [6.07, 6.45) is 0.837. The minimum absolute atomic E-state index is 0.0109. The van der Waals surface area contributed by atoms with E-state index >= 15 is 0 Å². The Kier molecular flexibility index (Phi) is 5.19. The van der Waals surface area contributed by atoms with Crippen LogP contribution in [0.4, 0.5) is 10.2 Å². The summed E-state index contributed by atoms with van der Waals surface area (Å²) >= 11 is 0. The van der Waals surface area contributed by atoms with Crippen LogP contribution in [0.3, 0.4) is 0 Å². The fourth-order valence-corrected chi connectivity index (χ4v) is 2.55. The van der Waals surface area contributed by atoms with Gasteiger partial charge in [0.15, 0.2) is 0 Å². The molecule has 0 atom stereocenters. The quantitative estimate of drug-likeness (QED) is 0.832. The minimum Gasteiger partial charge on any atom is -0.361 e. The van der Waals surface area contributed by atoms with E-state index in [4.69, 9.17) is 0 Å². The van der Waals surface area contributed by atoms with Crippen LogP contribution >= 0.6 is 0 Å². The van der Waals surface area contributed by atoms with Crippen molar-refractivity contribution in [1.82, 2.24) is 9.13 Å². The highest BCUT2D eigenvalue weighted by atomic mass is 19.1. The normalized spacial score (nSPS) is 10.5. The highest BCUT2D eigenvalue weighted by Crippen LogP contribution is 2.15. The molecule has 126 valence electrons. The van der Waals surface area contributed by atoms with E-state index in [1.54, 1.807) is 11.9 Å². The molecule has 7 heteroatoms. The van der Waals surface area contributed by atoms with Gasteiger partial charge in [-0.3, -0.25) is 13.9 Å². The zero-order valence-electron chi connectivity index (χ0n) is 13.9. The molecule has 2 rings (SSSR count). The van der Waals surface area contributed by atoms with Crippen LogP contribution in [0.25, 0.3) is 0 Å². The molecule has 0 saturated heterocycles. The molecule has 24 heavy (non-hydrogen) atoms. The van der Waals surface area contributed by atoms with Crippen molar-refractivity contribution in [3.63, 3.8) is 0 Å². The predicted molar refractivity (Wildman–Crippen MR) is 89.7 cm³/mol. The van der Waals surface area contributed by atoms with Crippen molar-refractivity contribution in [2.24, 2.45) is 7.05 Å². The van der Waals surface area contributed by atoms with Gasteiger partial charge in [0.1, 0.15) is 11.6 Å². The zero-order chi connectivity index (χ0) is 17.9. The van der Waals surface area contributed by atoms with Crippen LogP contribution in [0.5, 0.6) is 0 Å². The summed E-state index contributed by atoms with van der Waals surface area (Å²) in [6, 6.07) is 7.20. The highest BCUT2D eigenvalue weighted by molar-refractivity contribution is 5.41. The minimum atomic E-state index is -0.506. The van der Waals surface area contributed by atoms with E-state index in [0.717, 1.165) is 11.0 Å². The number of anilines is 1. The van der Waals surface area contributed by atoms with Crippen molar-refractivity contribution in [2.75, 3.05) is 18.5 Å². The molecular formula is C17H19FN4O2. The molecule has 1 aromatic carbocycles. The first-order valence-electron chi connectivity index (χ1n) is 7.59. The van der Waals surface area contributed by atoms with Gasteiger partial charge in [0, 0.05) is 26.7 Å². The van der Waals surface area contributed by atoms with Gasteiger partial charge in [0.2, 0.25) is 0 Å². The maximum absolute atomic E-state index is 13.5. The van der Waals surface area contributed by atoms with Crippen LogP contribution in [-0.4, -0.2) is 22.7 Å². The van der Waals surface area contributed by atoms with E-state index in [0.29, 0.717) is 23.5 Å². The number of halogens is 1. The molecule has 0 aliphatic carbocycles. The second-order valence-electron chi connectivity index (χ2n) is 5.60. The third-order valence-electron chi connectivity index (χ3n) is 3.84. The molecule has 0 fully saturated rings. The molecule has 0 aliphatic rings. The van der Waals surface area contributed by atoms with E-state index in [1.807, 2.05) is 13.0 Å². The van der Waals surface area contributed by atoms with Crippen LogP contribution in [0.2, 0.25) is 0 Å². The summed E-state index contributed by atoms with van der Waals surface area (Å²) < 4.78 is 15.9. The SMILES string of the molecule is CCCN(C)c1cc(=O)n(C)c(=O)n1Cc1cc(F)ccc1C#N. The molecule has 0 spiro atoms. The first-order valence-corrected chi connectivity index (χ1v) is 7.59. The van der Waals surface area contributed by atoms with Crippen LogP contribution in [-0.2, 0) is 13.6 Å². The second kappa shape index (κ2) is 7.13. The Morgan fingerprint density at radius 2 is 2.00 bits per heavy atom. The van der Waals surface area contributed by atoms with Crippen LogP contribution < -0.4 is 16.1 Å². The number of hydrogen-bond acceptors (Lipinski definition) is 4. The van der Waals surface area contributed by atoms with Crippen molar-refractivity contribution in [3.05, 3.63) is 62.0 Å². The largest absolute Gasteiger partial charge is 0.361 e. The highest BCUT2D eigenvalue weighted by Gasteiger charge is 2.15. The smallest absolute Gasteiger partial charge is 0.332 e. The maximum Gasteiger partial charge on any atom is 0.332 e. The van der Waals surface area contributed by atoms with Gasteiger partial charge < -0.3 is 4.90 Å². The molecule has 2 aromatic rings. The lowest BCUT2D eigenvalue weighted by Gasteiger charge is -2.23. The fourth-order valence-electron chi connectivity index (χ4n) is 2.55.